The zero-order valence-corrected chi connectivity index (χ0v) is 9.15. The van der Waals surface area contributed by atoms with Crippen LogP contribution >= 0.6 is 0 Å². The molecule has 0 amide bonds. The Bertz CT molecular complexity index is 401. The van der Waals surface area contributed by atoms with Crippen molar-refractivity contribution >= 4 is 0 Å². The fourth-order valence-electron chi connectivity index (χ4n) is 2.44. The third-order valence-corrected chi connectivity index (χ3v) is 3.39. The van der Waals surface area contributed by atoms with Crippen LogP contribution in [0.5, 0.6) is 0 Å². The lowest BCUT2D eigenvalue weighted by Crippen LogP contribution is -2.23. The second kappa shape index (κ2) is 4.64. The molecule has 1 aliphatic carbocycles. The van der Waals surface area contributed by atoms with E-state index in [2.05, 4.69) is 0 Å². The second-order valence-electron chi connectivity index (χ2n) is 4.45. The molecule has 1 aromatic carbocycles. The number of nitrogens with two attached hydrogens (primary N) is 1. The lowest BCUT2D eigenvalue weighted by molar-refractivity contribution is 0.379. The minimum absolute atomic E-state index is 0.111. The van der Waals surface area contributed by atoms with Gasteiger partial charge >= 0.3 is 0 Å². The van der Waals surface area contributed by atoms with E-state index in [1.165, 1.54) is 0 Å². The fourth-order valence-corrected chi connectivity index (χ4v) is 2.44. The molecule has 0 heterocycles. The summed E-state index contributed by atoms with van der Waals surface area (Å²) >= 11 is 0. The van der Waals surface area contributed by atoms with Gasteiger partial charge in [-0.3, -0.25) is 0 Å². The Morgan fingerprint density at radius 3 is 1.94 bits per heavy atom. The van der Waals surface area contributed by atoms with Crippen molar-refractivity contribution in [2.24, 2.45) is 11.7 Å². The van der Waals surface area contributed by atoms with Crippen LogP contribution < -0.4 is 5.73 Å². The Kier molecular flexibility index (Phi) is 3.38. The van der Waals surface area contributed by atoms with E-state index in [1.807, 2.05) is 0 Å². The summed E-state index contributed by atoms with van der Waals surface area (Å²) in [6.07, 6.45) is 3.33. The highest BCUT2D eigenvalue weighted by Gasteiger charge is 2.30. The summed E-state index contributed by atoms with van der Waals surface area (Å²) < 4.78 is 53.0. The summed E-state index contributed by atoms with van der Waals surface area (Å²) in [4.78, 5) is 0. The minimum atomic E-state index is -1.40. The molecular formula is C12H13F4N. The van der Waals surface area contributed by atoms with Gasteiger partial charge in [-0.1, -0.05) is 12.8 Å². The van der Waals surface area contributed by atoms with Crippen LogP contribution in [0.25, 0.3) is 0 Å². The maximum atomic E-state index is 13.5. The molecule has 17 heavy (non-hydrogen) atoms. The molecule has 2 N–H and O–H groups in total. The van der Waals surface area contributed by atoms with Gasteiger partial charge in [0.1, 0.15) is 0 Å². The van der Waals surface area contributed by atoms with Crippen molar-refractivity contribution in [1.29, 1.82) is 0 Å². The molecule has 1 aliphatic rings. The van der Waals surface area contributed by atoms with E-state index in [9.17, 15) is 17.6 Å². The van der Waals surface area contributed by atoms with Gasteiger partial charge in [0.05, 0.1) is 0 Å². The predicted molar refractivity (Wildman–Crippen MR) is 55.2 cm³/mol. The van der Waals surface area contributed by atoms with Gasteiger partial charge in [0.15, 0.2) is 23.3 Å². The van der Waals surface area contributed by atoms with Gasteiger partial charge in [0, 0.05) is 17.7 Å². The smallest absolute Gasteiger partial charge is 0.166 e. The zero-order chi connectivity index (χ0) is 12.6. The van der Waals surface area contributed by atoms with Crippen LogP contribution in [-0.2, 0) is 0 Å². The first-order valence-corrected chi connectivity index (χ1v) is 5.61. The normalized spacial score (nSPS) is 18.6. The quantitative estimate of drug-likeness (QED) is 0.628. The Balaban J connectivity index is 2.42. The summed E-state index contributed by atoms with van der Waals surface area (Å²) in [5, 5.41) is 0. The minimum Gasteiger partial charge on any atom is -0.324 e. The van der Waals surface area contributed by atoms with E-state index < -0.39 is 34.9 Å². The van der Waals surface area contributed by atoms with Crippen LogP contribution in [0.4, 0.5) is 17.6 Å². The average Bonchev–Trinajstić information content (AvgIpc) is 2.80. The number of halogens is 4. The number of benzene rings is 1. The Hall–Kier alpha value is -1.10. The van der Waals surface area contributed by atoms with E-state index in [1.54, 1.807) is 0 Å². The predicted octanol–water partition coefficient (Wildman–Crippen LogP) is 3.43. The molecule has 1 saturated carbocycles. The van der Waals surface area contributed by atoms with E-state index in [4.69, 9.17) is 5.73 Å². The van der Waals surface area contributed by atoms with Crippen LogP contribution in [0.1, 0.15) is 37.3 Å². The summed E-state index contributed by atoms with van der Waals surface area (Å²) in [5.74, 6) is -5.65. The van der Waals surface area contributed by atoms with Gasteiger partial charge in [0.25, 0.3) is 0 Å². The van der Waals surface area contributed by atoms with Crippen molar-refractivity contribution in [1.82, 2.24) is 0 Å². The van der Waals surface area contributed by atoms with Gasteiger partial charge in [-0.25, -0.2) is 17.6 Å². The lowest BCUT2D eigenvalue weighted by Gasteiger charge is -2.20. The highest BCUT2D eigenvalue weighted by Crippen LogP contribution is 2.36. The fraction of sp³-hybridized carbons (Fsp3) is 0.500. The molecular weight excluding hydrogens is 234 g/mol. The highest BCUT2D eigenvalue weighted by atomic mass is 19.2. The first kappa shape index (κ1) is 12.4. The van der Waals surface area contributed by atoms with E-state index in [0.29, 0.717) is 0 Å². The summed E-state index contributed by atoms with van der Waals surface area (Å²) in [6, 6.07) is -0.780. The lowest BCUT2D eigenvalue weighted by atomic mass is 9.91. The molecule has 0 saturated heterocycles. The number of hydrogen-bond donors (Lipinski definition) is 1. The van der Waals surface area contributed by atoms with Crippen LogP contribution in [0.15, 0.2) is 6.07 Å². The van der Waals surface area contributed by atoms with Crippen LogP contribution in [0, 0.1) is 29.2 Å². The first-order chi connectivity index (χ1) is 8.02. The molecule has 1 fully saturated rings. The average molecular weight is 247 g/mol. The molecule has 1 nitrogen and oxygen atoms in total. The molecule has 2 rings (SSSR count). The molecule has 0 bridgehead atoms. The van der Waals surface area contributed by atoms with Crippen molar-refractivity contribution in [3.63, 3.8) is 0 Å². The molecule has 0 aliphatic heterocycles. The molecule has 0 unspecified atom stereocenters. The van der Waals surface area contributed by atoms with Gasteiger partial charge < -0.3 is 5.73 Å². The SMILES string of the molecule is N[C@@H](c1c(F)c(F)cc(F)c1F)C1CCCC1. The Morgan fingerprint density at radius 1 is 1.00 bits per heavy atom. The highest BCUT2D eigenvalue weighted by molar-refractivity contribution is 5.26. The Labute approximate surface area is 96.6 Å². The third kappa shape index (κ3) is 2.16. The van der Waals surface area contributed by atoms with Crippen molar-refractivity contribution < 1.29 is 17.6 Å². The van der Waals surface area contributed by atoms with E-state index in [-0.39, 0.29) is 12.0 Å². The van der Waals surface area contributed by atoms with Crippen molar-refractivity contribution in [2.75, 3.05) is 0 Å². The summed E-state index contributed by atoms with van der Waals surface area (Å²) in [6.45, 7) is 0. The molecule has 0 radical (unpaired) electrons. The van der Waals surface area contributed by atoms with Crippen LogP contribution in [-0.4, -0.2) is 0 Å². The zero-order valence-electron chi connectivity index (χ0n) is 9.15. The maximum Gasteiger partial charge on any atom is 0.166 e. The van der Waals surface area contributed by atoms with E-state index >= 15 is 0 Å². The van der Waals surface area contributed by atoms with Gasteiger partial charge in [0.2, 0.25) is 0 Å². The van der Waals surface area contributed by atoms with Crippen molar-refractivity contribution in [2.45, 2.75) is 31.7 Å². The van der Waals surface area contributed by atoms with Gasteiger partial charge in [-0.05, 0) is 18.8 Å². The molecule has 5 heteroatoms. The van der Waals surface area contributed by atoms with Gasteiger partial charge in [-0.2, -0.15) is 0 Å². The maximum absolute atomic E-state index is 13.5. The van der Waals surface area contributed by atoms with E-state index in [0.717, 1.165) is 25.7 Å². The van der Waals surface area contributed by atoms with Crippen molar-refractivity contribution in [3.05, 3.63) is 34.9 Å². The second-order valence-corrected chi connectivity index (χ2v) is 4.45. The third-order valence-electron chi connectivity index (χ3n) is 3.39. The van der Waals surface area contributed by atoms with Crippen molar-refractivity contribution in [3.8, 4) is 0 Å². The molecule has 0 spiro atoms. The Morgan fingerprint density at radius 2 is 1.47 bits per heavy atom. The topological polar surface area (TPSA) is 26.0 Å². The van der Waals surface area contributed by atoms with Crippen LogP contribution in [0.2, 0.25) is 0 Å². The molecule has 94 valence electrons. The molecule has 0 aromatic heterocycles. The number of hydrogen-bond acceptors (Lipinski definition) is 1. The van der Waals surface area contributed by atoms with Gasteiger partial charge in [-0.15, -0.1) is 0 Å². The largest absolute Gasteiger partial charge is 0.324 e. The summed E-state index contributed by atoms with van der Waals surface area (Å²) in [7, 11) is 0. The van der Waals surface area contributed by atoms with Crippen LogP contribution in [0.3, 0.4) is 0 Å². The monoisotopic (exact) mass is 247 g/mol. The number of rotatable bonds is 2. The first-order valence-electron chi connectivity index (χ1n) is 5.61. The molecule has 1 atom stereocenters. The molecule has 1 aromatic rings. The summed E-state index contributed by atoms with van der Waals surface area (Å²) in [5.41, 5.74) is 5.07. The standard InChI is InChI=1S/C12H13F4N/c13-7-5-8(14)11(16)9(10(7)15)12(17)6-3-1-2-4-6/h5-6,12H,1-4,17H2/t12-/m1/s1.